The second-order valence-electron chi connectivity index (χ2n) is 4.51. The molecule has 1 aliphatic rings. The van der Waals surface area contributed by atoms with E-state index in [1.54, 1.807) is 13.0 Å². The first-order valence-corrected chi connectivity index (χ1v) is 7.10. The van der Waals surface area contributed by atoms with Gasteiger partial charge in [0.2, 0.25) is 10.0 Å². The lowest BCUT2D eigenvalue weighted by Crippen LogP contribution is -2.26. The Bertz CT molecular complexity index is 533. The predicted molar refractivity (Wildman–Crippen MR) is 65.8 cm³/mol. The molecule has 0 aliphatic heterocycles. The molecule has 0 saturated heterocycles. The van der Waals surface area contributed by atoms with Crippen LogP contribution in [0.3, 0.4) is 0 Å². The second-order valence-corrected chi connectivity index (χ2v) is 6.16. The maximum atomic E-state index is 12.2. The Kier molecular flexibility index (Phi) is 3.14. The van der Waals surface area contributed by atoms with Crippen LogP contribution < -0.4 is 9.46 Å². The number of sulfonamides is 1. The van der Waals surface area contributed by atoms with Crippen molar-refractivity contribution in [2.75, 3.05) is 7.11 Å². The molecule has 1 saturated carbocycles. The van der Waals surface area contributed by atoms with E-state index in [2.05, 4.69) is 4.72 Å². The van der Waals surface area contributed by atoms with E-state index in [-0.39, 0.29) is 10.9 Å². The van der Waals surface area contributed by atoms with Gasteiger partial charge in [-0.3, -0.25) is 0 Å². The highest BCUT2D eigenvalue weighted by atomic mass is 32.2. The molecular weight excluding hydrogens is 238 g/mol. The molecule has 1 N–H and O–H groups in total. The van der Waals surface area contributed by atoms with E-state index >= 15 is 0 Å². The standard InChI is InChI=1S/C12H17NO3S/c1-8-6-9(2)12(11(7-8)16-3)17(14,15)13-10-4-5-10/h6-7,10,13H,4-5H2,1-3H3. The highest BCUT2D eigenvalue weighted by molar-refractivity contribution is 7.89. The minimum absolute atomic E-state index is 0.102. The van der Waals surface area contributed by atoms with Crippen LogP contribution in [0.25, 0.3) is 0 Å². The van der Waals surface area contributed by atoms with Crippen LogP contribution in [-0.2, 0) is 10.0 Å². The Morgan fingerprint density at radius 2 is 1.94 bits per heavy atom. The van der Waals surface area contributed by atoms with Gasteiger partial charge in [0.25, 0.3) is 0 Å². The summed E-state index contributed by atoms with van der Waals surface area (Å²) in [6.45, 7) is 3.71. The van der Waals surface area contributed by atoms with Crippen LogP contribution in [0, 0.1) is 13.8 Å². The minimum Gasteiger partial charge on any atom is -0.495 e. The van der Waals surface area contributed by atoms with Crippen LogP contribution in [0.1, 0.15) is 24.0 Å². The number of hydrogen-bond donors (Lipinski definition) is 1. The zero-order chi connectivity index (χ0) is 12.6. The van der Waals surface area contributed by atoms with Crippen molar-refractivity contribution in [2.45, 2.75) is 37.6 Å². The number of benzene rings is 1. The van der Waals surface area contributed by atoms with Crippen molar-refractivity contribution in [1.82, 2.24) is 4.72 Å². The van der Waals surface area contributed by atoms with E-state index in [4.69, 9.17) is 4.74 Å². The van der Waals surface area contributed by atoms with E-state index in [0.717, 1.165) is 24.0 Å². The zero-order valence-electron chi connectivity index (χ0n) is 10.3. The summed E-state index contributed by atoms with van der Waals surface area (Å²) >= 11 is 0. The summed E-state index contributed by atoms with van der Waals surface area (Å²) in [4.78, 5) is 0.262. The molecule has 4 nitrogen and oxygen atoms in total. The average Bonchev–Trinajstić information content (AvgIpc) is 2.98. The molecular formula is C12H17NO3S. The fourth-order valence-corrected chi connectivity index (χ4v) is 3.57. The van der Waals surface area contributed by atoms with Crippen molar-refractivity contribution < 1.29 is 13.2 Å². The van der Waals surface area contributed by atoms with Gasteiger partial charge in [0, 0.05) is 6.04 Å². The fourth-order valence-electron chi connectivity index (χ4n) is 1.89. The van der Waals surface area contributed by atoms with E-state index < -0.39 is 10.0 Å². The minimum atomic E-state index is -3.46. The van der Waals surface area contributed by atoms with Crippen LogP contribution in [0.4, 0.5) is 0 Å². The first-order valence-electron chi connectivity index (χ1n) is 5.61. The smallest absolute Gasteiger partial charge is 0.244 e. The number of ether oxygens (including phenoxy) is 1. The Hall–Kier alpha value is -1.07. The quantitative estimate of drug-likeness (QED) is 0.891. The molecule has 17 heavy (non-hydrogen) atoms. The third-order valence-corrected chi connectivity index (χ3v) is 4.48. The average molecular weight is 255 g/mol. The molecule has 94 valence electrons. The van der Waals surface area contributed by atoms with Crippen molar-refractivity contribution in [3.63, 3.8) is 0 Å². The van der Waals surface area contributed by atoms with Crippen molar-refractivity contribution in [2.24, 2.45) is 0 Å². The van der Waals surface area contributed by atoms with E-state index in [0.29, 0.717) is 5.75 Å². The van der Waals surface area contributed by atoms with Gasteiger partial charge >= 0.3 is 0 Å². The molecule has 2 rings (SSSR count). The van der Waals surface area contributed by atoms with E-state index in [1.807, 2.05) is 13.0 Å². The normalized spacial score (nSPS) is 15.9. The number of rotatable bonds is 4. The van der Waals surface area contributed by atoms with Gasteiger partial charge < -0.3 is 4.74 Å². The van der Waals surface area contributed by atoms with Crippen LogP contribution in [0.5, 0.6) is 5.75 Å². The van der Waals surface area contributed by atoms with Gasteiger partial charge in [0.1, 0.15) is 10.6 Å². The van der Waals surface area contributed by atoms with E-state index in [1.165, 1.54) is 7.11 Å². The van der Waals surface area contributed by atoms with Crippen LogP contribution in [0.2, 0.25) is 0 Å². The van der Waals surface area contributed by atoms with Gasteiger partial charge in [0.15, 0.2) is 0 Å². The molecule has 1 fully saturated rings. The Balaban J connectivity index is 2.49. The molecule has 0 bridgehead atoms. The van der Waals surface area contributed by atoms with E-state index in [9.17, 15) is 8.42 Å². The van der Waals surface area contributed by atoms with Gasteiger partial charge in [-0.2, -0.15) is 0 Å². The van der Waals surface area contributed by atoms with Crippen LogP contribution in [0.15, 0.2) is 17.0 Å². The molecule has 1 aromatic rings. The topological polar surface area (TPSA) is 55.4 Å². The molecule has 0 radical (unpaired) electrons. The highest BCUT2D eigenvalue weighted by Crippen LogP contribution is 2.30. The van der Waals surface area contributed by atoms with Gasteiger partial charge in [0.05, 0.1) is 7.11 Å². The first-order chi connectivity index (χ1) is 7.94. The second kappa shape index (κ2) is 4.31. The summed E-state index contributed by atoms with van der Waals surface area (Å²) < 4.78 is 32.3. The van der Waals surface area contributed by atoms with Crippen molar-refractivity contribution in [3.05, 3.63) is 23.3 Å². The summed E-state index contributed by atoms with van der Waals surface area (Å²) in [5, 5.41) is 0. The summed E-state index contributed by atoms with van der Waals surface area (Å²) in [5.41, 5.74) is 1.71. The maximum Gasteiger partial charge on any atom is 0.244 e. The van der Waals surface area contributed by atoms with Crippen molar-refractivity contribution in [3.8, 4) is 5.75 Å². The predicted octanol–water partition coefficient (Wildman–Crippen LogP) is 1.75. The monoisotopic (exact) mass is 255 g/mol. The van der Waals surface area contributed by atoms with Crippen molar-refractivity contribution >= 4 is 10.0 Å². The number of aryl methyl sites for hydroxylation is 2. The number of methoxy groups -OCH3 is 1. The number of hydrogen-bond acceptors (Lipinski definition) is 3. The summed E-state index contributed by atoms with van der Waals surface area (Å²) in [6.07, 6.45) is 1.85. The summed E-state index contributed by atoms with van der Waals surface area (Å²) in [5.74, 6) is 0.413. The summed E-state index contributed by atoms with van der Waals surface area (Å²) in [7, 11) is -1.97. The van der Waals surface area contributed by atoms with Gasteiger partial charge in [-0.05, 0) is 43.9 Å². The van der Waals surface area contributed by atoms with Crippen molar-refractivity contribution in [1.29, 1.82) is 0 Å². The first kappa shape index (κ1) is 12.4. The SMILES string of the molecule is COc1cc(C)cc(C)c1S(=O)(=O)NC1CC1. The van der Waals surface area contributed by atoms with Gasteiger partial charge in [-0.15, -0.1) is 0 Å². The molecule has 5 heteroatoms. The van der Waals surface area contributed by atoms with Crippen LogP contribution >= 0.6 is 0 Å². The lowest BCUT2D eigenvalue weighted by molar-refractivity contribution is 0.401. The maximum absolute atomic E-state index is 12.2. The molecule has 0 unspecified atom stereocenters. The zero-order valence-corrected chi connectivity index (χ0v) is 11.1. The molecule has 0 heterocycles. The largest absolute Gasteiger partial charge is 0.495 e. The van der Waals surface area contributed by atoms with Gasteiger partial charge in [-0.25, -0.2) is 13.1 Å². The molecule has 0 aromatic heterocycles. The third kappa shape index (κ3) is 2.61. The molecule has 1 aromatic carbocycles. The third-order valence-electron chi connectivity index (χ3n) is 2.77. The molecule has 1 aliphatic carbocycles. The van der Waals surface area contributed by atoms with Crippen LogP contribution in [-0.4, -0.2) is 21.6 Å². The van der Waals surface area contributed by atoms with Gasteiger partial charge in [-0.1, -0.05) is 6.07 Å². The fraction of sp³-hybridized carbons (Fsp3) is 0.500. The highest BCUT2D eigenvalue weighted by Gasteiger charge is 2.30. The Morgan fingerprint density at radius 3 is 2.47 bits per heavy atom. The molecule has 0 atom stereocenters. The summed E-state index contributed by atoms with van der Waals surface area (Å²) in [6, 6.07) is 3.70. The lowest BCUT2D eigenvalue weighted by Gasteiger charge is -2.13. The Labute approximate surface area is 102 Å². The molecule has 0 amide bonds. The molecule has 0 spiro atoms. The number of nitrogens with one attached hydrogen (secondary N) is 1. The Morgan fingerprint density at radius 1 is 1.29 bits per heavy atom. The lowest BCUT2D eigenvalue weighted by atomic mass is 10.1.